The van der Waals surface area contributed by atoms with Crippen LogP contribution in [0.1, 0.15) is 6.42 Å². The maximum atomic E-state index is 6.07. The largest absolute Gasteiger partial charge is 0.497 e. The summed E-state index contributed by atoms with van der Waals surface area (Å²) < 4.78 is 10.6. The monoisotopic (exact) mass is 354 g/mol. The van der Waals surface area contributed by atoms with Crippen LogP contribution in [0.2, 0.25) is 0 Å². The minimum Gasteiger partial charge on any atom is -0.497 e. The van der Waals surface area contributed by atoms with E-state index < -0.39 is 0 Å². The summed E-state index contributed by atoms with van der Waals surface area (Å²) in [5.41, 5.74) is 8.08. The number of nitrogens with zero attached hydrogens (tertiary/aromatic N) is 2. The third kappa shape index (κ3) is 4.39. The summed E-state index contributed by atoms with van der Waals surface area (Å²) in [6, 6.07) is 16.0. The number of guanidine groups is 1. The second-order valence-electron chi connectivity index (χ2n) is 6.35. The van der Waals surface area contributed by atoms with Crippen LogP contribution in [0.25, 0.3) is 0 Å². The van der Waals surface area contributed by atoms with Crippen molar-refractivity contribution in [3.63, 3.8) is 0 Å². The molecule has 1 aliphatic heterocycles. The Morgan fingerprint density at radius 2 is 2.00 bits per heavy atom. The Balaban J connectivity index is 1.58. The number of hydrogen-bond acceptors (Lipinski definition) is 4. The average Bonchev–Trinajstić information content (AvgIpc) is 3.16. The lowest BCUT2D eigenvalue weighted by Gasteiger charge is -2.18. The molecule has 1 fully saturated rings. The molecule has 2 aromatic rings. The van der Waals surface area contributed by atoms with E-state index in [9.17, 15) is 0 Å². The molecule has 3 N–H and O–H groups in total. The first-order valence-corrected chi connectivity index (χ1v) is 8.78. The van der Waals surface area contributed by atoms with Gasteiger partial charge in [-0.1, -0.05) is 18.2 Å². The zero-order valence-electron chi connectivity index (χ0n) is 15.3. The van der Waals surface area contributed by atoms with Crippen molar-refractivity contribution >= 4 is 17.3 Å². The number of hydrogen-bond donors (Lipinski definition) is 2. The van der Waals surface area contributed by atoms with E-state index in [2.05, 4.69) is 39.5 Å². The fraction of sp³-hybridized carbons (Fsp3) is 0.350. The number of nitrogens with one attached hydrogen (secondary N) is 1. The van der Waals surface area contributed by atoms with Gasteiger partial charge in [-0.25, -0.2) is 0 Å². The van der Waals surface area contributed by atoms with Gasteiger partial charge in [-0.3, -0.25) is 4.99 Å². The average molecular weight is 354 g/mol. The smallest absolute Gasteiger partial charge is 0.193 e. The first-order chi connectivity index (χ1) is 12.7. The molecule has 138 valence electrons. The summed E-state index contributed by atoms with van der Waals surface area (Å²) in [5, 5.41) is 3.11. The van der Waals surface area contributed by atoms with Crippen molar-refractivity contribution in [3.05, 3.63) is 48.5 Å². The van der Waals surface area contributed by atoms with Gasteiger partial charge in [0.1, 0.15) is 11.5 Å². The van der Waals surface area contributed by atoms with Gasteiger partial charge in [0.25, 0.3) is 0 Å². The molecule has 0 spiro atoms. The van der Waals surface area contributed by atoms with E-state index in [1.165, 1.54) is 5.69 Å². The van der Waals surface area contributed by atoms with Crippen molar-refractivity contribution < 1.29 is 9.47 Å². The van der Waals surface area contributed by atoms with Crippen molar-refractivity contribution in [2.24, 2.45) is 16.6 Å². The molecule has 1 atom stereocenters. The van der Waals surface area contributed by atoms with Crippen LogP contribution in [0.5, 0.6) is 11.5 Å². The third-order valence-corrected chi connectivity index (χ3v) is 4.60. The molecular weight excluding hydrogens is 328 g/mol. The fourth-order valence-corrected chi connectivity index (χ4v) is 3.17. The van der Waals surface area contributed by atoms with E-state index in [0.717, 1.165) is 30.9 Å². The minimum absolute atomic E-state index is 0.384. The fourth-order valence-electron chi connectivity index (χ4n) is 3.17. The van der Waals surface area contributed by atoms with Gasteiger partial charge in [0.05, 0.1) is 19.9 Å². The van der Waals surface area contributed by atoms with Crippen LogP contribution in [0.3, 0.4) is 0 Å². The Labute approximate surface area is 154 Å². The molecule has 0 radical (unpaired) electrons. The predicted octanol–water partition coefficient (Wildman–Crippen LogP) is 2.96. The number of methoxy groups -OCH3 is 2. The van der Waals surface area contributed by atoms with E-state index in [4.69, 9.17) is 15.2 Å². The molecule has 1 unspecified atom stereocenters. The van der Waals surface area contributed by atoms with Crippen molar-refractivity contribution in [1.82, 2.24) is 0 Å². The van der Waals surface area contributed by atoms with Gasteiger partial charge in [0, 0.05) is 31.4 Å². The number of aliphatic imine (C=N–C) groups is 1. The SMILES string of the molecule is COc1ccc(OC)c(NC(N)=NCC2CCN(c3ccccc3)C2)c1. The molecule has 0 aliphatic carbocycles. The summed E-state index contributed by atoms with van der Waals surface area (Å²) in [7, 11) is 3.25. The third-order valence-electron chi connectivity index (χ3n) is 4.60. The molecule has 2 aromatic carbocycles. The van der Waals surface area contributed by atoms with Gasteiger partial charge in [-0.15, -0.1) is 0 Å². The Hall–Kier alpha value is -2.89. The number of benzene rings is 2. The lowest BCUT2D eigenvalue weighted by Crippen LogP contribution is -2.25. The van der Waals surface area contributed by atoms with Crippen LogP contribution in [-0.4, -0.2) is 39.8 Å². The lowest BCUT2D eigenvalue weighted by atomic mass is 10.1. The van der Waals surface area contributed by atoms with Gasteiger partial charge in [-0.2, -0.15) is 0 Å². The minimum atomic E-state index is 0.384. The van der Waals surface area contributed by atoms with E-state index in [0.29, 0.717) is 24.2 Å². The van der Waals surface area contributed by atoms with Gasteiger partial charge in [-0.05, 0) is 36.6 Å². The predicted molar refractivity (Wildman–Crippen MR) is 106 cm³/mol. The van der Waals surface area contributed by atoms with Crippen molar-refractivity contribution in [2.75, 3.05) is 44.1 Å². The topological polar surface area (TPSA) is 72.1 Å². The molecule has 3 rings (SSSR count). The van der Waals surface area contributed by atoms with Gasteiger partial charge in [0.2, 0.25) is 0 Å². The number of ether oxygens (including phenoxy) is 2. The van der Waals surface area contributed by atoms with E-state index in [1.54, 1.807) is 14.2 Å². The zero-order valence-corrected chi connectivity index (χ0v) is 15.3. The second kappa shape index (κ2) is 8.47. The van der Waals surface area contributed by atoms with Gasteiger partial charge < -0.3 is 25.4 Å². The highest BCUT2D eigenvalue weighted by Gasteiger charge is 2.22. The van der Waals surface area contributed by atoms with Crippen molar-refractivity contribution in [3.8, 4) is 11.5 Å². The number of rotatable bonds is 6. The zero-order chi connectivity index (χ0) is 18.4. The maximum absolute atomic E-state index is 6.07. The summed E-state index contributed by atoms with van der Waals surface area (Å²) in [4.78, 5) is 6.92. The standard InChI is InChI=1S/C20H26N4O2/c1-25-17-8-9-19(26-2)18(12-17)23-20(21)22-13-15-10-11-24(14-15)16-6-4-3-5-7-16/h3-9,12,15H,10-11,13-14H2,1-2H3,(H3,21,22,23). The molecule has 0 amide bonds. The Morgan fingerprint density at radius 3 is 2.73 bits per heavy atom. The van der Waals surface area contributed by atoms with Gasteiger partial charge in [0.15, 0.2) is 5.96 Å². The maximum Gasteiger partial charge on any atom is 0.193 e. The van der Waals surface area contributed by atoms with Gasteiger partial charge >= 0.3 is 0 Å². The number of anilines is 2. The van der Waals surface area contributed by atoms with Crippen LogP contribution in [0, 0.1) is 5.92 Å². The molecule has 0 bridgehead atoms. The van der Waals surface area contributed by atoms with E-state index in [-0.39, 0.29) is 0 Å². The molecule has 1 aliphatic rings. The van der Waals surface area contributed by atoms with Crippen molar-refractivity contribution in [2.45, 2.75) is 6.42 Å². The number of para-hydroxylation sites is 1. The lowest BCUT2D eigenvalue weighted by molar-refractivity contribution is 0.405. The highest BCUT2D eigenvalue weighted by atomic mass is 16.5. The van der Waals surface area contributed by atoms with Crippen molar-refractivity contribution in [1.29, 1.82) is 0 Å². The first kappa shape index (κ1) is 17.9. The highest BCUT2D eigenvalue weighted by Crippen LogP contribution is 2.29. The normalized spacial score (nSPS) is 17.2. The van der Waals surface area contributed by atoms with Crippen LogP contribution in [0.4, 0.5) is 11.4 Å². The molecule has 6 nitrogen and oxygen atoms in total. The molecule has 26 heavy (non-hydrogen) atoms. The highest BCUT2D eigenvalue weighted by molar-refractivity contribution is 5.94. The quantitative estimate of drug-likeness (QED) is 0.616. The summed E-state index contributed by atoms with van der Waals surface area (Å²) in [6.07, 6.45) is 1.12. The van der Waals surface area contributed by atoms with E-state index in [1.807, 2.05) is 24.3 Å². The van der Waals surface area contributed by atoms with Crippen LogP contribution < -0.4 is 25.4 Å². The molecule has 0 aromatic heterocycles. The summed E-state index contributed by atoms with van der Waals surface area (Å²) >= 11 is 0. The Bertz CT molecular complexity index is 749. The number of nitrogens with two attached hydrogens (primary N) is 1. The summed E-state index contributed by atoms with van der Waals surface area (Å²) in [6.45, 7) is 2.76. The van der Waals surface area contributed by atoms with Crippen LogP contribution >= 0.6 is 0 Å². The summed E-state index contributed by atoms with van der Waals surface area (Å²) in [5.74, 6) is 2.31. The molecule has 0 saturated carbocycles. The Kier molecular flexibility index (Phi) is 5.84. The van der Waals surface area contributed by atoms with Crippen LogP contribution in [0.15, 0.2) is 53.5 Å². The van der Waals surface area contributed by atoms with E-state index >= 15 is 0 Å². The van der Waals surface area contributed by atoms with Crippen LogP contribution in [-0.2, 0) is 0 Å². The molecular formula is C20H26N4O2. The molecule has 6 heteroatoms. The first-order valence-electron chi connectivity index (χ1n) is 8.78. The molecule has 1 heterocycles. The Morgan fingerprint density at radius 1 is 1.19 bits per heavy atom. The molecule has 1 saturated heterocycles. The second-order valence-corrected chi connectivity index (χ2v) is 6.35.